The van der Waals surface area contributed by atoms with Crippen molar-refractivity contribution in [1.29, 1.82) is 0 Å². The number of carbonyl (C=O) groups is 1. The topological polar surface area (TPSA) is 37.3 Å². The lowest BCUT2D eigenvalue weighted by molar-refractivity contribution is -0.895. The van der Waals surface area contributed by atoms with Crippen LogP contribution in [-0.4, -0.2) is 42.7 Å². The molecule has 0 radical (unpaired) electrons. The van der Waals surface area contributed by atoms with Gasteiger partial charge in [0, 0.05) is 0 Å². The highest BCUT2D eigenvalue weighted by Crippen LogP contribution is 2.10. The molecule has 0 bridgehead atoms. The normalized spacial score (nSPS) is 14.5. The summed E-state index contributed by atoms with van der Waals surface area (Å²) >= 11 is 0. The van der Waals surface area contributed by atoms with Gasteiger partial charge < -0.3 is 9.59 Å². The van der Waals surface area contributed by atoms with Crippen LogP contribution in [0.3, 0.4) is 0 Å². The molecular formula is C8H18NO2+. The van der Waals surface area contributed by atoms with Gasteiger partial charge >= 0.3 is 5.97 Å². The Morgan fingerprint density at radius 3 is 2.00 bits per heavy atom. The molecule has 11 heavy (non-hydrogen) atoms. The maximum absolute atomic E-state index is 10.4. The molecule has 0 aromatic heterocycles. The molecule has 0 saturated carbocycles. The largest absolute Gasteiger partial charge is 0.481 e. The van der Waals surface area contributed by atoms with Crippen LogP contribution in [0.1, 0.15) is 19.8 Å². The zero-order chi connectivity index (χ0) is 9.07. The summed E-state index contributed by atoms with van der Waals surface area (Å²) in [6.07, 6.45) is 1.18. The Hall–Kier alpha value is -0.570. The average molecular weight is 160 g/mol. The highest BCUT2D eigenvalue weighted by molar-refractivity contribution is 5.67. The summed E-state index contributed by atoms with van der Waals surface area (Å²) < 4.78 is 0.725. The van der Waals surface area contributed by atoms with Crippen molar-refractivity contribution >= 4 is 5.97 Å². The number of nitrogens with zero attached hydrogens (tertiary/aromatic N) is 1. The molecule has 0 aromatic rings. The van der Waals surface area contributed by atoms with Crippen LogP contribution in [0.25, 0.3) is 0 Å². The first-order valence-corrected chi connectivity index (χ1v) is 3.90. The van der Waals surface area contributed by atoms with E-state index in [1.807, 2.05) is 28.1 Å². The van der Waals surface area contributed by atoms with Crippen molar-refractivity contribution in [3.8, 4) is 0 Å². The number of aliphatic carboxylic acids is 1. The summed E-state index contributed by atoms with van der Waals surface area (Å²) in [5.41, 5.74) is 0. The van der Waals surface area contributed by atoms with Crippen LogP contribution in [0.4, 0.5) is 0 Å². The first kappa shape index (κ1) is 10.4. The van der Waals surface area contributed by atoms with Crippen LogP contribution in [0.2, 0.25) is 0 Å². The van der Waals surface area contributed by atoms with Gasteiger partial charge in [-0.2, -0.15) is 0 Å². The fourth-order valence-electron chi connectivity index (χ4n) is 1.17. The van der Waals surface area contributed by atoms with Crippen molar-refractivity contribution in [3.05, 3.63) is 0 Å². The first-order valence-electron chi connectivity index (χ1n) is 3.90. The summed E-state index contributed by atoms with van der Waals surface area (Å²) in [6.45, 7) is 2.02. The van der Waals surface area contributed by atoms with Crippen LogP contribution in [0, 0.1) is 0 Å². The predicted octanol–water partition coefficient (Wildman–Crippen LogP) is 0.946. The van der Waals surface area contributed by atoms with E-state index in [1.54, 1.807) is 0 Å². The Bertz CT molecular complexity index is 138. The van der Waals surface area contributed by atoms with Crippen molar-refractivity contribution in [2.75, 3.05) is 21.1 Å². The zero-order valence-corrected chi connectivity index (χ0v) is 7.79. The lowest BCUT2D eigenvalue weighted by Crippen LogP contribution is -2.45. The third kappa shape index (κ3) is 3.98. The highest BCUT2D eigenvalue weighted by atomic mass is 16.4. The Labute approximate surface area is 68.2 Å². The van der Waals surface area contributed by atoms with Gasteiger partial charge in [-0.1, -0.05) is 6.92 Å². The molecule has 0 rings (SSSR count). The van der Waals surface area contributed by atoms with Gasteiger partial charge in [-0.3, -0.25) is 4.79 Å². The first-order chi connectivity index (χ1) is 4.88. The molecule has 1 unspecified atom stereocenters. The SMILES string of the molecule is CCC(CC(=O)O)[N+](C)(C)C. The lowest BCUT2D eigenvalue weighted by Gasteiger charge is -2.32. The van der Waals surface area contributed by atoms with Gasteiger partial charge in [0.15, 0.2) is 0 Å². The van der Waals surface area contributed by atoms with E-state index in [0.717, 1.165) is 10.9 Å². The van der Waals surface area contributed by atoms with E-state index < -0.39 is 5.97 Å². The fraction of sp³-hybridized carbons (Fsp3) is 0.875. The molecule has 0 aliphatic rings. The predicted molar refractivity (Wildman–Crippen MR) is 44.4 cm³/mol. The smallest absolute Gasteiger partial charge is 0.309 e. The summed E-state index contributed by atoms with van der Waals surface area (Å²) in [5, 5.41) is 8.57. The van der Waals surface area contributed by atoms with Gasteiger partial charge in [0.1, 0.15) is 0 Å². The minimum absolute atomic E-state index is 0.229. The van der Waals surface area contributed by atoms with Crippen LogP contribution >= 0.6 is 0 Å². The Morgan fingerprint density at radius 1 is 1.45 bits per heavy atom. The molecule has 66 valence electrons. The minimum Gasteiger partial charge on any atom is -0.481 e. The Kier molecular flexibility index (Phi) is 3.52. The molecule has 0 spiro atoms. The summed E-state index contributed by atoms with van der Waals surface area (Å²) in [5.74, 6) is -0.704. The number of hydrogen-bond donors (Lipinski definition) is 1. The molecule has 0 heterocycles. The van der Waals surface area contributed by atoms with Gasteiger partial charge in [0.2, 0.25) is 0 Å². The number of quaternary nitrogens is 1. The van der Waals surface area contributed by atoms with Gasteiger partial charge in [0.25, 0.3) is 0 Å². The minimum atomic E-state index is -0.704. The monoisotopic (exact) mass is 160 g/mol. The lowest BCUT2D eigenvalue weighted by atomic mass is 10.1. The highest BCUT2D eigenvalue weighted by Gasteiger charge is 2.23. The van der Waals surface area contributed by atoms with Crippen LogP contribution in [-0.2, 0) is 4.79 Å². The van der Waals surface area contributed by atoms with Crippen molar-refractivity contribution in [2.24, 2.45) is 0 Å². The van der Waals surface area contributed by atoms with Gasteiger partial charge in [-0.25, -0.2) is 0 Å². The van der Waals surface area contributed by atoms with Crippen LogP contribution in [0.5, 0.6) is 0 Å². The molecule has 0 aromatic carbocycles. The third-order valence-corrected chi connectivity index (χ3v) is 1.98. The van der Waals surface area contributed by atoms with Gasteiger partial charge in [-0.15, -0.1) is 0 Å². The maximum Gasteiger partial charge on any atom is 0.309 e. The Balaban J connectivity index is 4.07. The molecule has 0 saturated heterocycles. The molecular weight excluding hydrogens is 142 g/mol. The van der Waals surface area contributed by atoms with E-state index in [0.29, 0.717) is 0 Å². The number of rotatable bonds is 4. The van der Waals surface area contributed by atoms with E-state index in [1.165, 1.54) is 0 Å². The van der Waals surface area contributed by atoms with Gasteiger partial charge in [0.05, 0.1) is 33.6 Å². The molecule has 0 aliphatic heterocycles. The quantitative estimate of drug-likeness (QED) is 0.622. The standard InChI is InChI=1S/C8H17NO2/c1-5-7(6-8(10)11)9(2,3)4/h7H,5-6H2,1-4H3/p+1. The zero-order valence-electron chi connectivity index (χ0n) is 7.79. The van der Waals surface area contributed by atoms with E-state index in [2.05, 4.69) is 0 Å². The summed E-state index contributed by atoms with van der Waals surface area (Å²) in [7, 11) is 6.07. The summed E-state index contributed by atoms with van der Waals surface area (Å²) in [6, 6.07) is 0.229. The van der Waals surface area contributed by atoms with E-state index >= 15 is 0 Å². The van der Waals surface area contributed by atoms with Crippen molar-refractivity contribution in [2.45, 2.75) is 25.8 Å². The van der Waals surface area contributed by atoms with Crippen molar-refractivity contribution in [1.82, 2.24) is 0 Å². The summed E-state index contributed by atoms with van der Waals surface area (Å²) in [4.78, 5) is 10.4. The van der Waals surface area contributed by atoms with E-state index in [4.69, 9.17) is 5.11 Å². The molecule has 1 N–H and O–H groups in total. The second-order valence-electron chi connectivity index (χ2n) is 3.78. The average Bonchev–Trinajstić information content (AvgIpc) is 1.79. The molecule has 1 atom stereocenters. The number of carboxylic acid groups (broad SMARTS) is 1. The fourth-order valence-corrected chi connectivity index (χ4v) is 1.17. The second-order valence-corrected chi connectivity index (χ2v) is 3.78. The molecule has 0 aliphatic carbocycles. The van der Waals surface area contributed by atoms with E-state index in [9.17, 15) is 4.79 Å². The van der Waals surface area contributed by atoms with Crippen molar-refractivity contribution in [3.63, 3.8) is 0 Å². The Morgan fingerprint density at radius 2 is 1.91 bits per heavy atom. The van der Waals surface area contributed by atoms with Crippen LogP contribution in [0.15, 0.2) is 0 Å². The molecule has 0 amide bonds. The second kappa shape index (κ2) is 3.72. The molecule has 3 nitrogen and oxygen atoms in total. The van der Waals surface area contributed by atoms with Crippen molar-refractivity contribution < 1.29 is 14.4 Å². The number of carboxylic acids is 1. The maximum atomic E-state index is 10.4. The third-order valence-electron chi connectivity index (χ3n) is 1.98. The van der Waals surface area contributed by atoms with Crippen LogP contribution < -0.4 is 0 Å². The van der Waals surface area contributed by atoms with E-state index in [-0.39, 0.29) is 12.5 Å². The molecule has 3 heteroatoms. The van der Waals surface area contributed by atoms with Gasteiger partial charge in [-0.05, 0) is 6.42 Å². The number of hydrogen-bond acceptors (Lipinski definition) is 1. The molecule has 0 fully saturated rings.